The minimum Gasteiger partial charge on any atom is -0.387 e. The molecule has 1 fully saturated rings. The van der Waals surface area contributed by atoms with E-state index in [1.807, 2.05) is 97.9 Å². The van der Waals surface area contributed by atoms with Gasteiger partial charge in [-0.3, -0.25) is 13.9 Å². The Bertz CT molecular complexity index is 1560. The number of ether oxygens (including phenoxy) is 2. The van der Waals surface area contributed by atoms with E-state index in [1.54, 1.807) is 0 Å². The van der Waals surface area contributed by atoms with E-state index in [2.05, 4.69) is 9.97 Å². The van der Waals surface area contributed by atoms with Crippen LogP contribution in [0.25, 0.3) is 11.2 Å². The number of hydrogen-bond donors (Lipinski definition) is 2. The summed E-state index contributed by atoms with van der Waals surface area (Å²) in [7, 11) is 0. The summed E-state index contributed by atoms with van der Waals surface area (Å²) < 4.78 is 16.0. The molecule has 41 heavy (non-hydrogen) atoms. The third-order valence-electron chi connectivity index (χ3n) is 7.63. The van der Waals surface area contributed by atoms with E-state index in [1.165, 1.54) is 21.8 Å². The minimum atomic E-state index is -1.29. The summed E-state index contributed by atoms with van der Waals surface area (Å²) in [6.07, 6.45) is -0.748. The predicted molar refractivity (Wildman–Crippen MR) is 153 cm³/mol. The summed E-state index contributed by atoms with van der Waals surface area (Å²) >= 11 is 0. The van der Waals surface area contributed by atoms with Gasteiger partial charge in [0, 0.05) is 6.54 Å². The van der Waals surface area contributed by atoms with Crippen LogP contribution in [0.5, 0.6) is 0 Å². The highest BCUT2D eigenvalue weighted by molar-refractivity contribution is 5.69. The van der Waals surface area contributed by atoms with Crippen LogP contribution in [0.15, 0.2) is 108 Å². The van der Waals surface area contributed by atoms with Crippen molar-refractivity contribution in [2.45, 2.75) is 50.0 Å². The Balaban J connectivity index is 1.34. The first kappa shape index (κ1) is 27.0. The van der Waals surface area contributed by atoms with Crippen LogP contribution in [0.1, 0.15) is 36.3 Å². The molecule has 1 aliphatic heterocycles. The number of fused-ring (bicyclic) bond motifs is 1. The van der Waals surface area contributed by atoms with Crippen LogP contribution in [0, 0.1) is 0 Å². The molecule has 3 aromatic carbocycles. The molecule has 0 aliphatic carbocycles. The van der Waals surface area contributed by atoms with Gasteiger partial charge in [0.15, 0.2) is 17.4 Å². The second-order valence-electron chi connectivity index (χ2n) is 10.2. The average molecular weight is 553 g/mol. The Kier molecular flexibility index (Phi) is 7.51. The summed E-state index contributed by atoms with van der Waals surface area (Å²) in [5.41, 5.74) is 1.93. The molecule has 5 aromatic rings. The maximum Gasteiger partial charge on any atom is 0.281 e. The highest BCUT2D eigenvalue weighted by Crippen LogP contribution is 2.41. The number of aliphatic hydroxyl groups excluding tert-OH is 2. The van der Waals surface area contributed by atoms with Gasteiger partial charge in [0.05, 0.1) is 12.9 Å². The summed E-state index contributed by atoms with van der Waals surface area (Å²) in [6.45, 7) is 2.47. The number of aromatic nitrogens is 4. The van der Waals surface area contributed by atoms with E-state index in [0.717, 1.165) is 23.1 Å². The second kappa shape index (κ2) is 11.4. The van der Waals surface area contributed by atoms with Crippen LogP contribution in [-0.2, 0) is 21.6 Å². The van der Waals surface area contributed by atoms with Crippen molar-refractivity contribution in [2.24, 2.45) is 0 Å². The maximum absolute atomic E-state index is 12.8. The van der Waals surface area contributed by atoms with Crippen molar-refractivity contribution in [2.75, 3.05) is 6.61 Å². The van der Waals surface area contributed by atoms with E-state index in [-0.39, 0.29) is 23.3 Å². The van der Waals surface area contributed by atoms with Gasteiger partial charge < -0.3 is 19.7 Å². The highest BCUT2D eigenvalue weighted by Gasteiger charge is 2.46. The standard InChI is InChI=1S/C32H32N4O5/c1-2-18-35-20-34-29-26(30(35)39)33-21-36(29)31-28(38)27(37)25(41-31)19-40-32(22-12-6-3-7-13-22,23-14-8-4-9-15-23)24-16-10-5-11-17-24/h3-17,20-21,25,27-28,31,37-38H,2,18-19H2,1H3. The summed E-state index contributed by atoms with van der Waals surface area (Å²) in [6, 6.07) is 29.7. The van der Waals surface area contributed by atoms with E-state index in [9.17, 15) is 15.0 Å². The van der Waals surface area contributed by atoms with Crippen molar-refractivity contribution in [3.8, 4) is 0 Å². The molecule has 2 N–H and O–H groups in total. The van der Waals surface area contributed by atoms with E-state index in [4.69, 9.17) is 9.47 Å². The number of rotatable bonds is 9. The van der Waals surface area contributed by atoms with Crippen molar-refractivity contribution in [1.29, 1.82) is 0 Å². The minimum absolute atomic E-state index is 0.0310. The van der Waals surface area contributed by atoms with Gasteiger partial charge in [-0.05, 0) is 23.1 Å². The number of benzene rings is 3. The highest BCUT2D eigenvalue weighted by atomic mass is 16.6. The van der Waals surface area contributed by atoms with Gasteiger partial charge in [-0.25, -0.2) is 9.97 Å². The zero-order valence-corrected chi connectivity index (χ0v) is 22.7. The summed E-state index contributed by atoms with van der Waals surface area (Å²) in [4.78, 5) is 21.5. The van der Waals surface area contributed by atoms with Gasteiger partial charge in [-0.2, -0.15) is 0 Å². The number of hydrogen-bond acceptors (Lipinski definition) is 7. The molecule has 3 heterocycles. The first-order valence-electron chi connectivity index (χ1n) is 13.8. The topological polar surface area (TPSA) is 112 Å². The van der Waals surface area contributed by atoms with Gasteiger partial charge >= 0.3 is 0 Å². The van der Waals surface area contributed by atoms with Gasteiger partial charge in [0.25, 0.3) is 5.56 Å². The fourth-order valence-corrected chi connectivity index (χ4v) is 5.60. The first-order chi connectivity index (χ1) is 20.0. The smallest absolute Gasteiger partial charge is 0.281 e. The molecule has 1 saturated heterocycles. The van der Waals surface area contributed by atoms with E-state index < -0.39 is 30.1 Å². The normalized spacial score (nSPS) is 21.0. The van der Waals surface area contributed by atoms with Crippen molar-refractivity contribution in [1.82, 2.24) is 19.1 Å². The number of imidazole rings is 1. The lowest BCUT2D eigenvalue weighted by Gasteiger charge is -2.37. The number of nitrogens with zero attached hydrogens (tertiary/aromatic N) is 4. The Morgan fingerprint density at radius 2 is 1.39 bits per heavy atom. The molecule has 0 spiro atoms. The van der Waals surface area contributed by atoms with Gasteiger partial charge in [-0.1, -0.05) is 97.9 Å². The van der Waals surface area contributed by atoms with Crippen LogP contribution in [-0.4, -0.2) is 54.2 Å². The first-order valence-corrected chi connectivity index (χ1v) is 13.8. The molecular weight excluding hydrogens is 520 g/mol. The summed E-state index contributed by atoms with van der Waals surface area (Å²) in [5, 5.41) is 22.2. The fraction of sp³-hybridized carbons (Fsp3) is 0.281. The van der Waals surface area contributed by atoms with Crippen molar-refractivity contribution in [3.63, 3.8) is 0 Å². The van der Waals surface area contributed by atoms with E-state index in [0.29, 0.717) is 6.54 Å². The lowest BCUT2D eigenvalue weighted by atomic mass is 9.80. The zero-order valence-electron chi connectivity index (χ0n) is 22.7. The Hall–Kier alpha value is -4.15. The monoisotopic (exact) mass is 552 g/mol. The molecule has 1 aliphatic rings. The molecule has 9 heteroatoms. The molecule has 9 nitrogen and oxygen atoms in total. The molecular formula is C32H32N4O5. The Morgan fingerprint density at radius 3 is 1.93 bits per heavy atom. The molecule has 0 bridgehead atoms. The summed E-state index contributed by atoms with van der Waals surface area (Å²) in [5.74, 6) is 0. The fourth-order valence-electron chi connectivity index (χ4n) is 5.60. The van der Waals surface area contributed by atoms with E-state index >= 15 is 0 Å². The van der Waals surface area contributed by atoms with Gasteiger partial charge in [0.2, 0.25) is 0 Å². The zero-order chi connectivity index (χ0) is 28.4. The molecule has 210 valence electrons. The molecule has 6 rings (SSSR count). The molecule has 4 unspecified atom stereocenters. The molecule has 0 radical (unpaired) electrons. The third kappa shape index (κ3) is 4.76. The Morgan fingerprint density at radius 1 is 0.829 bits per heavy atom. The molecule has 0 amide bonds. The maximum atomic E-state index is 12.8. The SMILES string of the molecule is CCCn1cnc2c(ncn2C2OC(COC(c3ccccc3)(c3ccccc3)c3ccccc3)C(O)C2O)c1=O. The van der Waals surface area contributed by atoms with Crippen LogP contribution in [0.2, 0.25) is 0 Å². The lowest BCUT2D eigenvalue weighted by Crippen LogP contribution is -2.39. The van der Waals surface area contributed by atoms with Gasteiger partial charge in [0.1, 0.15) is 30.2 Å². The molecule has 2 aromatic heterocycles. The van der Waals surface area contributed by atoms with Crippen LogP contribution in [0.3, 0.4) is 0 Å². The molecule has 4 atom stereocenters. The third-order valence-corrected chi connectivity index (χ3v) is 7.63. The Labute approximate surface area is 237 Å². The number of aliphatic hydroxyl groups is 2. The van der Waals surface area contributed by atoms with Crippen molar-refractivity contribution < 1.29 is 19.7 Å². The second-order valence-corrected chi connectivity index (χ2v) is 10.2. The lowest BCUT2D eigenvalue weighted by molar-refractivity contribution is -0.0942. The predicted octanol–water partition coefficient (Wildman–Crippen LogP) is 3.63. The van der Waals surface area contributed by atoms with Crippen LogP contribution >= 0.6 is 0 Å². The number of aryl methyl sites for hydroxylation is 1. The molecule has 0 saturated carbocycles. The van der Waals surface area contributed by atoms with Crippen molar-refractivity contribution >= 4 is 11.2 Å². The average Bonchev–Trinajstić information content (AvgIpc) is 3.57. The van der Waals surface area contributed by atoms with Crippen LogP contribution in [0.4, 0.5) is 0 Å². The largest absolute Gasteiger partial charge is 0.387 e. The quantitative estimate of drug-likeness (QED) is 0.269. The van der Waals surface area contributed by atoms with Gasteiger partial charge in [-0.15, -0.1) is 0 Å². The van der Waals surface area contributed by atoms with Crippen LogP contribution < -0.4 is 5.56 Å². The van der Waals surface area contributed by atoms with Crippen molar-refractivity contribution in [3.05, 3.63) is 131 Å².